The lowest BCUT2D eigenvalue weighted by Gasteiger charge is -2.26. The van der Waals surface area contributed by atoms with Crippen molar-refractivity contribution in [3.8, 4) is 0 Å². The minimum absolute atomic E-state index is 0.0613. The average molecular weight is 283 g/mol. The zero-order valence-corrected chi connectivity index (χ0v) is 11.9. The van der Waals surface area contributed by atoms with Gasteiger partial charge in [0.25, 0.3) is 5.56 Å². The van der Waals surface area contributed by atoms with Crippen molar-refractivity contribution in [1.29, 1.82) is 0 Å². The number of aromatic nitrogens is 2. The molecule has 1 aromatic rings. The lowest BCUT2D eigenvalue weighted by molar-refractivity contribution is 0.530. The van der Waals surface area contributed by atoms with Crippen molar-refractivity contribution in [3.05, 3.63) is 21.6 Å². The number of nitrogens with zero attached hydrogens (tertiary/aromatic N) is 3. The first kappa shape index (κ1) is 12.9. The third kappa shape index (κ3) is 2.62. The fraction of sp³-hybridized carbons (Fsp3) is 0.692. The largest absolute Gasteiger partial charge is 0.365 e. The molecule has 19 heavy (non-hydrogen) atoms. The number of likely N-dealkylation sites (N-methyl/N-ethyl adjacent to an activating group) is 1. The van der Waals surface area contributed by atoms with Crippen molar-refractivity contribution >= 4 is 17.3 Å². The van der Waals surface area contributed by atoms with Gasteiger partial charge in [0.15, 0.2) is 0 Å². The standard InChI is InChI=1S/C13H19ClN4O/c1-17(10-4-5-15-6-10)12-11(14)7-16-18(13(12)19)8-9-2-3-9/h7,9-10,15H,2-6,8H2,1H3. The minimum atomic E-state index is -0.0613. The van der Waals surface area contributed by atoms with Crippen LogP contribution in [0.15, 0.2) is 11.0 Å². The first-order valence-electron chi connectivity index (χ1n) is 6.86. The Kier molecular flexibility index (Phi) is 3.50. The van der Waals surface area contributed by atoms with Crippen LogP contribution in [0.2, 0.25) is 5.02 Å². The highest BCUT2D eigenvalue weighted by Gasteiger charge is 2.27. The van der Waals surface area contributed by atoms with Crippen molar-refractivity contribution in [1.82, 2.24) is 15.1 Å². The summed E-state index contributed by atoms with van der Waals surface area (Å²) in [7, 11) is 1.95. The molecule has 2 fully saturated rings. The summed E-state index contributed by atoms with van der Waals surface area (Å²) in [5, 5.41) is 7.92. The van der Waals surface area contributed by atoms with Crippen LogP contribution in [0.3, 0.4) is 0 Å². The van der Waals surface area contributed by atoms with Crippen molar-refractivity contribution in [2.45, 2.75) is 31.8 Å². The molecule has 104 valence electrons. The Labute approximate surface area is 117 Å². The van der Waals surface area contributed by atoms with E-state index in [1.165, 1.54) is 12.8 Å². The molecule has 3 rings (SSSR count). The normalized spacial score (nSPS) is 22.7. The predicted molar refractivity (Wildman–Crippen MR) is 75.9 cm³/mol. The molecule has 5 nitrogen and oxygen atoms in total. The van der Waals surface area contributed by atoms with Gasteiger partial charge in [-0.05, 0) is 31.7 Å². The molecular formula is C13H19ClN4O. The molecule has 1 aromatic heterocycles. The molecule has 0 bridgehead atoms. The summed E-state index contributed by atoms with van der Waals surface area (Å²) < 4.78 is 1.57. The second-order valence-corrected chi connectivity index (χ2v) is 5.94. The van der Waals surface area contributed by atoms with Crippen LogP contribution in [0.4, 0.5) is 5.69 Å². The summed E-state index contributed by atoms with van der Waals surface area (Å²) in [4.78, 5) is 14.5. The van der Waals surface area contributed by atoms with E-state index in [-0.39, 0.29) is 5.56 Å². The van der Waals surface area contributed by atoms with Crippen molar-refractivity contribution < 1.29 is 0 Å². The van der Waals surface area contributed by atoms with Crippen molar-refractivity contribution in [2.24, 2.45) is 5.92 Å². The third-order valence-corrected chi connectivity index (χ3v) is 4.31. The number of hydrogen-bond acceptors (Lipinski definition) is 4. The number of halogens is 1. The Balaban J connectivity index is 1.91. The van der Waals surface area contributed by atoms with Gasteiger partial charge in [0, 0.05) is 26.2 Å². The Morgan fingerprint density at radius 2 is 2.32 bits per heavy atom. The van der Waals surface area contributed by atoms with E-state index in [4.69, 9.17) is 11.6 Å². The van der Waals surface area contributed by atoms with E-state index in [0.29, 0.717) is 22.7 Å². The van der Waals surface area contributed by atoms with Gasteiger partial charge < -0.3 is 10.2 Å². The summed E-state index contributed by atoms with van der Waals surface area (Å²) >= 11 is 6.19. The molecule has 0 spiro atoms. The van der Waals surface area contributed by atoms with Crippen LogP contribution in [0.1, 0.15) is 19.3 Å². The van der Waals surface area contributed by atoms with Crippen LogP contribution in [0.25, 0.3) is 0 Å². The molecule has 2 aliphatic rings. The molecule has 1 atom stereocenters. The van der Waals surface area contributed by atoms with Gasteiger partial charge in [0.1, 0.15) is 5.69 Å². The van der Waals surface area contributed by atoms with E-state index >= 15 is 0 Å². The van der Waals surface area contributed by atoms with Crippen LogP contribution < -0.4 is 15.8 Å². The van der Waals surface area contributed by atoms with Gasteiger partial charge in [-0.1, -0.05) is 11.6 Å². The maximum Gasteiger partial charge on any atom is 0.291 e. The maximum atomic E-state index is 12.5. The number of hydrogen-bond donors (Lipinski definition) is 1. The summed E-state index contributed by atoms with van der Waals surface area (Å²) in [6.07, 6.45) is 5.04. The van der Waals surface area contributed by atoms with Crippen LogP contribution in [0, 0.1) is 5.92 Å². The molecule has 1 aliphatic carbocycles. The molecule has 1 unspecified atom stereocenters. The highest BCUT2D eigenvalue weighted by molar-refractivity contribution is 6.33. The fourth-order valence-corrected chi connectivity index (χ4v) is 2.86. The summed E-state index contributed by atoms with van der Waals surface area (Å²) in [5.41, 5.74) is 0.528. The molecular weight excluding hydrogens is 264 g/mol. The van der Waals surface area contributed by atoms with Crippen LogP contribution in [0.5, 0.6) is 0 Å². The Bertz CT molecular complexity index is 520. The van der Waals surface area contributed by atoms with Gasteiger partial charge in [0.2, 0.25) is 0 Å². The van der Waals surface area contributed by atoms with Crippen LogP contribution >= 0.6 is 11.6 Å². The molecule has 6 heteroatoms. The van der Waals surface area contributed by atoms with Gasteiger partial charge in [0.05, 0.1) is 11.2 Å². The molecule has 2 heterocycles. The summed E-state index contributed by atoms with van der Waals surface area (Å²) in [6.45, 7) is 2.62. The second kappa shape index (κ2) is 5.13. The smallest absolute Gasteiger partial charge is 0.291 e. The van der Waals surface area contributed by atoms with Crippen molar-refractivity contribution in [2.75, 3.05) is 25.0 Å². The molecule has 0 amide bonds. The van der Waals surface area contributed by atoms with Crippen LogP contribution in [-0.2, 0) is 6.54 Å². The number of nitrogens with one attached hydrogen (secondary N) is 1. The van der Waals surface area contributed by atoms with Crippen molar-refractivity contribution in [3.63, 3.8) is 0 Å². The van der Waals surface area contributed by atoms with E-state index in [9.17, 15) is 4.79 Å². The van der Waals surface area contributed by atoms with Gasteiger partial charge >= 0.3 is 0 Å². The van der Waals surface area contributed by atoms with Crippen LogP contribution in [-0.4, -0.2) is 36.0 Å². The quantitative estimate of drug-likeness (QED) is 0.899. The third-order valence-electron chi connectivity index (χ3n) is 4.04. The Hall–Kier alpha value is -1.07. The second-order valence-electron chi connectivity index (χ2n) is 5.53. The molecule has 1 aliphatic heterocycles. The van der Waals surface area contributed by atoms with E-state index in [1.807, 2.05) is 11.9 Å². The summed E-state index contributed by atoms with van der Waals surface area (Å²) in [5.74, 6) is 0.623. The maximum absolute atomic E-state index is 12.5. The number of anilines is 1. The lowest BCUT2D eigenvalue weighted by atomic mass is 10.2. The number of rotatable bonds is 4. The topological polar surface area (TPSA) is 50.2 Å². The average Bonchev–Trinajstić information content (AvgIpc) is 3.03. The van der Waals surface area contributed by atoms with E-state index < -0.39 is 0 Å². The Morgan fingerprint density at radius 3 is 2.95 bits per heavy atom. The molecule has 1 saturated carbocycles. The Morgan fingerprint density at radius 1 is 1.53 bits per heavy atom. The van der Waals surface area contributed by atoms with E-state index in [2.05, 4.69) is 10.4 Å². The van der Waals surface area contributed by atoms with Gasteiger partial charge in [-0.25, -0.2) is 4.68 Å². The highest BCUT2D eigenvalue weighted by Crippen LogP contribution is 2.30. The van der Waals surface area contributed by atoms with E-state index in [0.717, 1.165) is 26.1 Å². The fourth-order valence-electron chi connectivity index (χ4n) is 2.61. The predicted octanol–water partition coefficient (Wildman–Crippen LogP) is 1.10. The monoisotopic (exact) mass is 282 g/mol. The summed E-state index contributed by atoms with van der Waals surface area (Å²) in [6, 6.07) is 0.335. The first-order valence-corrected chi connectivity index (χ1v) is 7.24. The highest BCUT2D eigenvalue weighted by atomic mass is 35.5. The zero-order chi connectivity index (χ0) is 13.4. The first-order chi connectivity index (χ1) is 9.16. The van der Waals surface area contributed by atoms with Gasteiger partial charge in [-0.2, -0.15) is 5.10 Å². The van der Waals surface area contributed by atoms with E-state index in [1.54, 1.807) is 10.9 Å². The minimum Gasteiger partial charge on any atom is -0.365 e. The zero-order valence-electron chi connectivity index (χ0n) is 11.1. The molecule has 1 N–H and O–H groups in total. The lowest BCUT2D eigenvalue weighted by Crippen LogP contribution is -2.39. The van der Waals surface area contributed by atoms with Gasteiger partial charge in [-0.3, -0.25) is 4.79 Å². The SMILES string of the molecule is CN(c1c(Cl)cnn(CC2CC2)c1=O)C1CCNC1. The molecule has 0 radical (unpaired) electrons. The van der Waals surface area contributed by atoms with Gasteiger partial charge in [-0.15, -0.1) is 0 Å². The molecule has 1 saturated heterocycles. The molecule has 0 aromatic carbocycles.